The van der Waals surface area contributed by atoms with Crippen LogP contribution in [0, 0.1) is 5.92 Å². The molecule has 0 radical (unpaired) electrons. The van der Waals surface area contributed by atoms with Crippen molar-refractivity contribution in [3.63, 3.8) is 0 Å². The minimum atomic E-state index is 0.677. The smallest absolute Gasteiger partial charge is 0.150 e. The van der Waals surface area contributed by atoms with Gasteiger partial charge in [0.05, 0.1) is 5.69 Å². The predicted molar refractivity (Wildman–Crippen MR) is 65.9 cm³/mol. The van der Waals surface area contributed by atoms with Gasteiger partial charge in [0, 0.05) is 12.5 Å². The van der Waals surface area contributed by atoms with Crippen LogP contribution in [-0.2, 0) is 13.0 Å². The summed E-state index contributed by atoms with van der Waals surface area (Å²) < 4.78 is 2.42. The largest absolute Gasteiger partial charge is 0.330 e. The molecule has 88 valence electrons. The van der Waals surface area contributed by atoms with E-state index in [0.29, 0.717) is 5.92 Å². The maximum Gasteiger partial charge on any atom is 0.150 e. The molecule has 1 unspecified atom stereocenters. The fourth-order valence-electron chi connectivity index (χ4n) is 3.20. The normalized spacial score (nSPS) is 26.0. The Hall–Kier alpha value is -0.500. The molecule has 1 aliphatic carbocycles. The van der Waals surface area contributed by atoms with Gasteiger partial charge in [-0.05, 0) is 31.6 Å². The maximum atomic E-state index is 6.26. The number of imidazole rings is 1. The third-order valence-electron chi connectivity index (χ3n) is 4.14. The van der Waals surface area contributed by atoms with Gasteiger partial charge in [0.25, 0.3) is 0 Å². The number of nitrogens with zero attached hydrogens (tertiary/aromatic N) is 2. The molecule has 2 heterocycles. The summed E-state index contributed by atoms with van der Waals surface area (Å²) in [5, 5.41) is 0.772. The Kier molecular flexibility index (Phi) is 2.70. The van der Waals surface area contributed by atoms with Crippen LogP contribution in [0.1, 0.15) is 56.5 Å². The van der Waals surface area contributed by atoms with Crippen molar-refractivity contribution >= 4 is 11.6 Å². The Labute approximate surface area is 102 Å². The van der Waals surface area contributed by atoms with Gasteiger partial charge < -0.3 is 4.57 Å². The van der Waals surface area contributed by atoms with E-state index < -0.39 is 0 Å². The molecule has 0 bridgehead atoms. The molecule has 0 N–H and O–H groups in total. The zero-order valence-electron chi connectivity index (χ0n) is 9.88. The Bertz CT molecular complexity index is 391. The number of hydrogen-bond acceptors (Lipinski definition) is 1. The third kappa shape index (κ3) is 1.67. The molecule has 2 aliphatic rings. The van der Waals surface area contributed by atoms with Gasteiger partial charge in [0.1, 0.15) is 5.82 Å². The van der Waals surface area contributed by atoms with E-state index in [1.807, 2.05) is 0 Å². The van der Waals surface area contributed by atoms with Gasteiger partial charge in [-0.2, -0.15) is 0 Å². The Morgan fingerprint density at radius 1 is 1.25 bits per heavy atom. The van der Waals surface area contributed by atoms with Crippen molar-refractivity contribution in [3.05, 3.63) is 16.7 Å². The molecular formula is C13H19ClN2. The van der Waals surface area contributed by atoms with E-state index in [1.54, 1.807) is 0 Å². The molecule has 0 saturated heterocycles. The Morgan fingerprint density at radius 2 is 2.00 bits per heavy atom. The zero-order valence-corrected chi connectivity index (χ0v) is 10.6. The minimum absolute atomic E-state index is 0.677. The summed E-state index contributed by atoms with van der Waals surface area (Å²) in [4.78, 5) is 4.64. The molecule has 1 fully saturated rings. The van der Waals surface area contributed by atoms with Crippen molar-refractivity contribution in [3.8, 4) is 0 Å². The van der Waals surface area contributed by atoms with E-state index in [9.17, 15) is 0 Å². The summed E-state index contributed by atoms with van der Waals surface area (Å²) in [5.41, 5.74) is 1.29. The average Bonchev–Trinajstić information content (AvgIpc) is 2.86. The molecule has 1 aliphatic heterocycles. The molecule has 3 rings (SSSR count). The molecule has 0 amide bonds. The highest BCUT2D eigenvalue weighted by molar-refractivity contribution is 6.30. The summed E-state index contributed by atoms with van der Waals surface area (Å²) in [6, 6.07) is 0. The van der Waals surface area contributed by atoms with Crippen molar-refractivity contribution in [1.82, 2.24) is 9.55 Å². The summed E-state index contributed by atoms with van der Waals surface area (Å²) in [6.07, 6.45) is 7.71. The van der Waals surface area contributed by atoms with E-state index in [1.165, 1.54) is 43.6 Å². The predicted octanol–water partition coefficient (Wildman–Crippen LogP) is 3.78. The monoisotopic (exact) mass is 238 g/mol. The molecule has 16 heavy (non-hydrogen) atoms. The van der Waals surface area contributed by atoms with E-state index in [4.69, 9.17) is 11.6 Å². The number of rotatable bonds is 1. The van der Waals surface area contributed by atoms with Crippen LogP contribution in [0.4, 0.5) is 0 Å². The van der Waals surface area contributed by atoms with Crippen LogP contribution < -0.4 is 0 Å². The van der Waals surface area contributed by atoms with Crippen LogP contribution in [0.15, 0.2) is 0 Å². The SMILES string of the molecule is CC1CCc2c(Cl)nc(C3CCCC3)n2C1. The lowest BCUT2D eigenvalue weighted by Gasteiger charge is -2.24. The minimum Gasteiger partial charge on any atom is -0.330 e. The number of hydrogen-bond donors (Lipinski definition) is 0. The summed E-state index contributed by atoms with van der Waals surface area (Å²) >= 11 is 6.26. The Morgan fingerprint density at radius 3 is 2.75 bits per heavy atom. The molecule has 3 heteroatoms. The first kappa shape index (κ1) is 10.6. The van der Waals surface area contributed by atoms with Gasteiger partial charge >= 0.3 is 0 Å². The summed E-state index contributed by atoms with van der Waals surface area (Å²) in [5.74, 6) is 2.73. The van der Waals surface area contributed by atoms with Gasteiger partial charge in [0.2, 0.25) is 0 Å². The molecule has 1 atom stereocenters. The fraction of sp³-hybridized carbons (Fsp3) is 0.769. The first-order chi connectivity index (χ1) is 7.75. The zero-order chi connectivity index (χ0) is 11.1. The second-order valence-corrected chi connectivity index (χ2v) is 5.80. The van der Waals surface area contributed by atoms with E-state index in [-0.39, 0.29) is 0 Å². The lowest BCUT2D eigenvalue weighted by Crippen LogP contribution is -2.20. The molecule has 0 aromatic carbocycles. The van der Waals surface area contributed by atoms with Crippen molar-refractivity contribution in [2.24, 2.45) is 5.92 Å². The van der Waals surface area contributed by atoms with Crippen molar-refractivity contribution < 1.29 is 0 Å². The van der Waals surface area contributed by atoms with Crippen LogP contribution in [-0.4, -0.2) is 9.55 Å². The first-order valence-corrected chi connectivity index (χ1v) is 6.88. The van der Waals surface area contributed by atoms with Crippen LogP contribution in [0.2, 0.25) is 5.15 Å². The van der Waals surface area contributed by atoms with Crippen molar-refractivity contribution in [2.75, 3.05) is 0 Å². The van der Waals surface area contributed by atoms with Crippen molar-refractivity contribution in [1.29, 1.82) is 0 Å². The summed E-state index contributed by atoms with van der Waals surface area (Å²) in [7, 11) is 0. The quantitative estimate of drug-likeness (QED) is 0.728. The highest BCUT2D eigenvalue weighted by Crippen LogP contribution is 2.37. The summed E-state index contributed by atoms with van der Waals surface area (Å²) in [6.45, 7) is 3.45. The standard InChI is InChI=1S/C13H19ClN2/c1-9-6-7-11-12(14)15-13(16(11)8-9)10-4-2-3-5-10/h9-10H,2-8H2,1H3. The van der Waals surface area contributed by atoms with Gasteiger partial charge in [-0.3, -0.25) is 0 Å². The second-order valence-electron chi connectivity index (χ2n) is 5.44. The van der Waals surface area contributed by atoms with Crippen LogP contribution in [0.3, 0.4) is 0 Å². The van der Waals surface area contributed by atoms with E-state index >= 15 is 0 Å². The van der Waals surface area contributed by atoms with Crippen LogP contribution in [0.25, 0.3) is 0 Å². The first-order valence-electron chi connectivity index (χ1n) is 6.50. The molecule has 1 aromatic rings. The second kappa shape index (κ2) is 4.06. The van der Waals surface area contributed by atoms with E-state index in [2.05, 4.69) is 16.5 Å². The van der Waals surface area contributed by atoms with Gasteiger partial charge in [0.15, 0.2) is 5.15 Å². The molecule has 0 spiro atoms. The van der Waals surface area contributed by atoms with Gasteiger partial charge in [-0.25, -0.2) is 4.98 Å². The molecular weight excluding hydrogens is 220 g/mol. The topological polar surface area (TPSA) is 17.8 Å². The van der Waals surface area contributed by atoms with Crippen LogP contribution >= 0.6 is 11.6 Å². The third-order valence-corrected chi connectivity index (χ3v) is 4.44. The maximum absolute atomic E-state index is 6.26. The lowest BCUT2D eigenvalue weighted by molar-refractivity contribution is 0.383. The fourth-order valence-corrected chi connectivity index (χ4v) is 3.48. The van der Waals surface area contributed by atoms with Gasteiger partial charge in [-0.1, -0.05) is 31.4 Å². The van der Waals surface area contributed by atoms with Gasteiger partial charge in [-0.15, -0.1) is 0 Å². The average molecular weight is 239 g/mol. The molecule has 2 nitrogen and oxygen atoms in total. The number of fused-ring (bicyclic) bond motifs is 1. The van der Waals surface area contributed by atoms with Crippen LogP contribution in [0.5, 0.6) is 0 Å². The number of aromatic nitrogens is 2. The van der Waals surface area contributed by atoms with Crippen molar-refractivity contribution in [2.45, 2.75) is 57.9 Å². The lowest BCUT2D eigenvalue weighted by atomic mass is 9.99. The highest BCUT2D eigenvalue weighted by Gasteiger charge is 2.28. The molecule has 1 saturated carbocycles. The van der Waals surface area contributed by atoms with E-state index in [0.717, 1.165) is 24.0 Å². The number of halogens is 1. The Balaban J connectivity index is 1.98. The molecule has 1 aromatic heterocycles. The highest BCUT2D eigenvalue weighted by atomic mass is 35.5.